The van der Waals surface area contributed by atoms with Crippen molar-refractivity contribution < 1.29 is 9.53 Å². The number of hydrogen-bond donors (Lipinski definition) is 3. The first-order chi connectivity index (χ1) is 9.46. The van der Waals surface area contributed by atoms with Gasteiger partial charge < -0.3 is 20.4 Å². The average Bonchev–Trinajstić information content (AvgIpc) is 2.81. The molecule has 0 spiro atoms. The number of nitrogens with one attached hydrogen (secondary N) is 3. The van der Waals surface area contributed by atoms with Gasteiger partial charge in [-0.1, -0.05) is 6.07 Å². The van der Waals surface area contributed by atoms with Gasteiger partial charge in [0.15, 0.2) is 0 Å². The van der Waals surface area contributed by atoms with E-state index in [9.17, 15) is 4.79 Å². The zero-order chi connectivity index (χ0) is 14.6. The molecule has 0 atom stereocenters. The fraction of sp³-hybridized carbons (Fsp3) is 0.400. The fourth-order valence-corrected chi connectivity index (χ4v) is 1.92. The minimum Gasteiger partial charge on any atom is -0.444 e. The van der Waals surface area contributed by atoms with Crippen molar-refractivity contribution >= 4 is 22.7 Å². The van der Waals surface area contributed by atoms with Crippen LogP contribution in [-0.4, -0.2) is 29.8 Å². The molecule has 0 bridgehead atoms. The Kier molecular flexibility index (Phi) is 4.17. The Balaban J connectivity index is 1.79. The summed E-state index contributed by atoms with van der Waals surface area (Å²) in [6, 6.07) is 8.06. The number of fused-ring (bicyclic) bond motifs is 1. The number of benzene rings is 1. The van der Waals surface area contributed by atoms with Gasteiger partial charge in [-0.3, -0.25) is 0 Å². The second-order valence-corrected chi connectivity index (χ2v) is 5.60. The molecule has 0 aliphatic heterocycles. The van der Waals surface area contributed by atoms with Gasteiger partial charge in [-0.25, -0.2) is 4.79 Å². The van der Waals surface area contributed by atoms with Gasteiger partial charge in [-0.15, -0.1) is 0 Å². The number of aromatic amines is 1. The van der Waals surface area contributed by atoms with Crippen molar-refractivity contribution in [1.82, 2.24) is 10.3 Å². The Morgan fingerprint density at radius 1 is 1.25 bits per heavy atom. The van der Waals surface area contributed by atoms with E-state index in [1.165, 1.54) is 0 Å². The molecule has 0 saturated carbocycles. The van der Waals surface area contributed by atoms with Gasteiger partial charge in [0, 0.05) is 35.9 Å². The molecule has 0 unspecified atom stereocenters. The number of amides is 1. The number of aromatic nitrogens is 1. The van der Waals surface area contributed by atoms with Crippen LogP contribution in [0.4, 0.5) is 10.5 Å². The van der Waals surface area contributed by atoms with Crippen LogP contribution in [0.5, 0.6) is 0 Å². The normalized spacial score (nSPS) is 11.3. The van der Waals surface area contributed by atoms with E-state index in [1.807, 2.05) is 51.2 Å². The van der Waals surface area contributed by atoms with E-state index in [-0.39, 0.29) is 6.09 Å². The summed E-state index contributed by atoms with van der Waals surface area (Å²) >= 11 is 0. The van der Waals surface area contributed by atoms with Crippen LogP contribution in [0.25, 0.3) is 10.9 Å². The zero-order valence-electron chi connectivity index (χ0n) is 12.1. The Morgan fingerprint density at radius 3 is 2.80 bits per heavy atom. The van der Waals surface area contributed by atoms with Crippen molar-refractivity contribution in [2.24, 2.45) is 0 Å². The number of rotatable bonds is 4. The summed E-state index contributed by atoms with van der Waals surface area (Å²) in [7, 11) is 0. The largest absolute Gasteiger partial charge is 0.444 e. The Morgan fingerprint density at radius 2 is 2.05 bits per heavy atom. The molecular weight excluding hydrogens is 254 g/mol. The molecule has 5 heteroatoms. The summed E-state index contributed by atoms with van der Waals surface area (Å²) < 4.78 is 5.17. The molecule has 0 radical (unpaired) electrons. The van der Waals surface area contributed by atoms with Crippen molar-refractivity contribution in [3.63, 3.8) is 0 Å². The summed E-state index contributed by atoms with van der Waals surface area (Å²) in [4.78, 5) is 14.6. The molecule has 0 saturated heterocycles. The molecule has 1 aromatic carbocycles. The number of H-pyrrole nitrogens is 1. The van der Waals surface area contributed by atoms with Crippen LogP contribution < -0.4 is 10.6 Å². The van der Waals surface area contributed by atoms with E-state index in [0.717, 1.165) is 16.6 Å². The molecule has 3 N–H and O–H groups in total. The number of alkyl carbamates (subject to hydrolysis) is 1. The highest BCUT2D eigenvalue weighted by Crippen LogP contribution is 2.21. The fourth-order valence-electron chi connectivity index (χ4n) is 1.92. The average molecular weight is 275 g/mol. The number of hydrogen-bond acceptors (Lipinski definition) is 3. The van der Waals surface area contributed by atoms with Crippen molar-refractivity contribution in [3.05, 3.63) is 30.5 Å². The predicted octanol–water partition coefficient (Wildman–Crippen LogP) is 3.10. The number of carbonyl (C=O) groups excluding carboxylic acids is 1. The van der Waals surface area contributed by atoms with Gasteiger partial charge in [0.2, 0.25) is 0 Å². The molecule has 20 heavy (non-hydrogen) atoms. The predicted molar refractivity (Wildman–Crippen MR) is 81.0 cm³/mol. The molecule has 2 rings (SSSR count). The Hall–Kier alpha value is -2.17. The highest BCUT2D eigenvalue weighted by Gasteiger charge is 2.15. The molecule has 5 nitrogen and oxygen atoms in total. The van der Waals surface area contributed by atoms with Gasteiger partial charge in [0.25, 0.3) is 0 Å². The van der Waals surface area contributed by atoms with Crippen LogP contribution in [0.1, 0.15) is 20.8 Å². The lowest BCUT2D eigenvalue weighted by atomic mass is 10.2. The number of ether oxygens (including phenoxy) is 1. The van der Waals surface area contributed by atoms with E-state index in [4.69, 9.17) is 4.74 Å². The molecule has 1 amide bonds. The lowest BCUT2D eigenvalue weighted by Crippen LogP contribution is -2.35. The number of carbonyl (C=O) groups is 1. The quantitative estimate of drug-likeness (QED) is 0.751. The van der Waals surface area contributed by atoms with Crippen LogP contribution in [-0.2, 0) is 4.74 Å². The first kappa shape index (κ1) is 14.2. The highest BCUT2D eigenvalue weighted by molar-refractivity contribution is 5.91. The SMILES string of the molecule is CC(C)(C)OC(=O)NCCNc1cccc2[nH]ccc12. The smallest absolute Gasteiger partial charge is 0.407 e. The summed E-state index contributed by atoms with van der Waals surface area (Å²) in [5, 5.41) is 7.16. The molecule has 0 aliphatic rings. The zero-order valence-corrected chi connectivity index (χ0v) is 12.1. The third-order valence-electron chi connectivity index (χ3n) is 2.70. The monoisotopic (exact) mass is 275 g/mol. The second kappa shape index (κ2) is 5.86. The summed E-state index contributed by atoms with van der Waals surface area (Å²) in [5.41, 5.74) is 1.68. The molecular formula is C15H21N3O2. The van der Waals surface area contributed by atoms with Crippen molar-refractivity contribution in [3.8, 4) is 0 Å². The van der Waals surface area contributed by atoms with Crippen LogP contribution in [0.15, 0.2) is 30.5 Å². The van der Waals surface area contributed by atoms with Crippen molar-refractivity contribution in [2.45, 2.75) is 26.4 Å². The van der Waals surface area contributed by atoms with Crippen LogP contribution in [0.2, 0.25) is 0 Å². The first-order valence-electron chi connectivity index (χ1n) is 6.72. The molecule has 0 aliphatic carbocycles. The van der Waals surface area contributed by atoms with Gasteiger partial charge in [0.1, 0.15) is 5.60 Å². The topological polar surface area (TPSA) is 66.2 Å². The lowest BCUT2D eigenvalue weighted by molar-refractivity contribution is 0.0530. The van der Waals surface area contributed by atoms with Crippen molar-refractivity contribution in [2.75, 3.05) is 18.4 Å². The van der Waals surface area contributed by atoms with Gasteiger partial charge in [0.05, 0.1) is 0 Å². The first-order valence-corrected chi connectivity index (χ1v) is 6.72. The summed E-state index contributed by atoms with van der Waals surface area (Å²) in [5.74, 6) is 0. The van der Waals surface area contributed by atoms with Gasteiger partial charge in [-0.2, -0.15) is 0 Å². The maximum Gasteiger partial charge on any atom is 0.407 e. The minimum absolute atomic E-state index is 0.390. The highest BCUT2D eigenvalue weighted by atomic mass is 16.6. The van der Waals surface area contributed by atoms with Gasteiger partial charge in [-0.05, 0) is 39.0 Å². The summed E-state index contributed by atoms with van der Waals surface area (Å²) in [6.45, 7) is 6.69. The van der Waals surface area contributed by atoms with Crippen LogP contribution in [0.3, 0.4) is 0 Å². The van der Waals surface area contributed by atoms with E-state index in [0.29, 0.717) is 13.1 Å². The Bertz CT molecular complexity index is 584. The maximum absolute atomic E-state index is 11.5. The maximum atomic E-state index is 11.5. The molecule has 1 heterocycles. The van der Waals surface area contributed by atoms with E-state index >= 15 is 0 Å². The second-order valence-electron chi connectivity index (χ2n) is 5.60. The molecule has 108 valence electrons. The molecule has 2 aromatic rings. The summed E-state index contributed by atoms with van der Waals surface area (Å²) in [6.07, 6.45) is 1.52. The van der Waals surface area contributed by atoms with Crippen molar-refractivity contribution in [1.29, 1.82) is 0 Å². The Labute approximate surface area is 118 Å². The van der Waals surface area contributed by atoms with Crippen LogP contribution >= 0.6 is 0 Å². The third-order valence-corrected chi connectivity index (χ3v) is 2.70. The minimum atomic E-state index is -0.464. The van der Waals surface area contributed by atoms with Gasteiger partial charge >= 0.3 is 6.09 Å². The lowest BCUT2D eigenvalue weighted by Gasteiger charge is -2.19. The molecule has 0 fully saturated rings. The molecule has 1 aromatic heterocycles. The van der Waals surface area contributed by atoms with E-state index in [2.05, 4.69) is 15.6 Å². The van der Waals surface area contributed by atoms with E-state index in [1.54, 1.807) is 0 Å². The standard InChI is InChI=1S/C15H21N3O2/c1-15(2,3)20-14(19)18-10-9-17-13-6-4-5-12-11(13)7-8-16-12/h4-8,16-17H,9-10H2,1-3H3,(H,18,19). The third kappa shape index (κ3) is 3.91. The number of anilines is 1. The van der Waals surface area contributed by atoms with E-state index < -0.39 is 5.60 Å². The van der Waals surface area contributed by atoms with Crippen LogP contribution in [0, 0.1) is 0 Å².